The molecule has 9 nitrogen and oxygen atoms in total. The minimum Gasteiger partial charge on any atom is -0.465 e. The van der Waals surface area contributed by atoms with Gasteiger partial charge in [-0.25, -0.2) is 9.97 Å². The summed E-state index contributed by atoms with van der Waals surface area (Å²) in [5.74, 6) is 1.91. The highest BCUT2D eigenvalue weighted by Gasteiger charge is 2.48. The number of likely N-dealkylation sites (tertiary alicyclic amines) is 2. The number of aromatic amines is 1. The molecule has 1 aromatic carbocycles. The summed E-state index contributed by atoms with van der Waals surface area (Å²) in [6.45, 7) is 13.2. The molecule has 2 aliphatic heterocycles. The van der Waals surface area contributed by atoms with Crippen LogP contribution in [0.3, 0.4) is 0 Å². The Kier molecular flexibility index (Phi) is 10.1. The van der Waals surface area contributed by atoms with Crippen LogP contribution >= 0.6 is 0 Å². The fourth-order valence-electron chi connectivity index (χ4n) is 7.07. The van der Waals surface area contributed by atoms with Gasteiger partial charge in [-0.15, -0.1) is 0 Å². The molecule has 5 rings (SSSR count). The van der Waals surface area contributed by atoms with E-state index in [2.05, 4.69) is 72.3 Å². The van der Waals surface area contributed by atoms with Crippen molar-refractivity contribution in [3.8, 4) is 0 Å². The Labute approximate surface area is 251 Å². The van der Waals surface area contributed by atoms with E-state index < -0.39 is 0 Å². The summed E-state index contributed by atoms with van der Waals surface area (Å²) in [4.78, 5) is 32.7. The maximum Gasteiger partial charge on any atom is 0.323 e. The van der Waals surface area contributed by atoms with E-state index in [0.29, 0.717) is 19.2 Å². The SMILES string of the molecule is CCOC(=O)C1CC2(CCN(C(CC)CC)CC2)CN1Cc1ccc(CN(Cc2ncc[nH]2)Cc2nccn2C)cc1. The lowest BCUT2D eigenvalue weighted by molar-refractivity contribution is -0.148. The number of rotatable bonds is 13. The molecule has 0 radical (unpaired) electrons. The minimum absolute atomic E-state index is 0.0590. The van der Waals surface area contributed by atoms with Crippen LogP contribution in [0.5, 0.6) is 0 Å². The van der Waals surface area contributed by atoms with Gasteiger partial charge in [0, 0.05) is 57.5 Å². The predicted octanol–water partition coefficient (Wildman–Crippen LogP) is 4.75. The Balaban J connectivity index is 1.25. The molecule has 2 aliphatic rings. The number of carbonyl (C=O) groups excluding carboxylic acids is 1. The lowest BCUT2D eigenvalue weighted by Crippen LogP contribution is -2.45. The number of nitrogens with zero attached hydrogens (tertiary/aromatic N) is 6. The lowest BCUT2D eigenvalue weighted by atomic mass is 9.76. The van der Waals surface area contributed by atoms with E-state index in [1.807, 2.05) is 32.6 Å². The van der Waals surface area contributed by atoms with Gasteiger partial charge in [0.05, 0.1) is 19.7 Å². The Hall–Kier alpha value is -3.01. The molecule has 2 saturated heterocycles. The molecule has 228 valence electrons. The van der Waals surface area contributed by atoms with Gasteiger partial charge < -0.3 is 19.2 Å². The molecule has 3 aromatic rings. The number of aromatic nitrogens is 4. The van der Waals surface area contributed by atoms with Gasteiger partial charge in [0.15, 0.2) is 0 Å². The maximum atomic E-state index is 13.1. The van der Waals surface area contributed by atoms with E-state index in [-0.39, 0.29) is 17.4 Å². The van der Waals surface area contributed by atoms with Crippen molar-refractivity contribution in [2.75, 3.05) is 26.2 Å². The molecule has 42 heavy (non-hydrogen) atoms. The van der Waals surface area contributed by atoms with Crippen LogP contribution in [0.25, 0.3) is 0 Å². The molecule has 9 heteroatoms. The Morgan fingerprint density at radius 3 is 2.40 bits per heavy atom. The fraction of sp³-hybridized carbons (Fsp3) is 0.606. The number of benzene rings is 1. The van der Waals surface area contributed by atoms with Crippen LogP contribution < -0.4 is 0 Å². The van der Waals surface area contributed by atoms with Crippen molar-refractivity contribution in [3.05, 3.63) is 71.8 Å². The van der Waals surface area contributed by atoms with Crippen LogP contribution in [-0.2, 0) is 42.8 Å². The third kappa shape index (κ3) is 7.30. The molecule has 2 fully saturated rings. The monoisotopic (exact) mass is 575 g/mol. The fourth-order valence-corrected chi connectivity index (χ4v) is 7.07. The number of imidazole rings is 2. The third-order valence-corrected chi connectivity index (χ3v) is 9.51. The van der Waals surface area contributed by atoms with Crippen LogP contribution in [0.2, 0.25) is 0 Å². The lowest BCUT2D eigenvalue weighted by Gasteiger charge is -2.42. The number of hydrogen-bond acceptors (Lipinski definition) is 7. The van der Waals surface area contributed by atoms with Crippen molar-refractivity contribution in [1.29, 1.82) is 0 Å². The molecule has 1 unspecified atom stereocenters. The molecule has 0 saturated carbocycles. The highest BCUT2D eigenvalue weighted by molar-refractivity contribution is 5.76. The molecule has 2 aromatic heterocycles. The van der Waals surface area contributed by atoms with Crippen molar-refractivity contribution in [3.63, 3.8) is 0 Å². The zero-order valence-corrected chi connectivity index (χ0v) is 26.0. The van der Waals surface area contributed by atoms with Crippen LogP contribution in [0.15, 0.2) is 49.1 Å². The topological polar surface area (TPSA) is 82.5 Å². The zero-order valence-electron chi connectivity index (χ0n) is 26.0. The number of esters is 1. The summed E-state index contributed by atoms with van der Waals surface area (Å²) in [7, 11) is 2.03. The zero-order chi connectivity index (χ0) is 29.5. The highest BCUT2D eigenvalue weighted by atomic mass is 16.5. The van der Waals surface area contributed by atoms with Crippen LogP contribution in [0.1, 0.15) is 75.7 Å². The quantitative estimate of drug-likeness (QED) is 0.295. The molecule has 4 heterocycles. The first-order chi connectivity index (χ1) is 20.4. The Morgan fingerprint density at radius 2 is 1.79 bits per heavy atom. The van der Waals surface area contributed by atoms with Crippen molar-refractivity contribution in [2.45, 2.75) is 91.1 Å². The normalized spacial score (nSPS) is 19.3. The minimum atomic E-state index is -0.161. The largest absolute Gasteiger partial charge is 0.465 e. The molecule has 1 atom stereocenters. The second kappa shape index (κ2) is 14.0. The van der Waals surface area contributed by atoms with Crippen molar-refractivity contribution < 1.29 is 9.53 Å². The van der Waals surface area contributed by atoms with E-state index in [4.69, 9.17) is 4.74 Å². The number of H-pyrrole nitrogens is 1. The first-order valence-electron chi connectivity index (χ1n) is 15.8. The average Bonchev–Trinajstić information content (AvgIpc) is 3.73. The number of nitrogens with one attached hydrogen (secondary N) is 1. The van der Waals surface area contributed by atoms with Crippen LogP contribution in [0.4, 0.5) is 0 Å². The second-order valence-corrected chi connectivity index (χ2v) is 12.3. The standard InChI is InChI=1S/C33H49N7O2/c1-5-28(6-2)39-17-12-33(13-18-39)20-29(32(41)42-7-3)40(25-33)22-27-10-8-26(9-11-27)21-38(23-30-34-14-15-35-30)24-31-36-16-19-37(31)4/h8-11,14-16,19,28-29H,5-7,12-13,17-18,20-25H2,1-4H3,(H,34,35). The first-order valence-corrected chi connectivity index (χ1v) is 15.8. The summed E-state index contributed by atoms with van der Waals surface area (Å²) in [5, 5.41) is 0. The number of hydrogen-bond donors (Lipinski definition) is 1. The number of piperidine rings is 1. The summed E-state index contributed by atoms with van der Waals surface area (Å²) in [6, 6.07) is 9.42. The van der Waals surface area contributed by atoms with Gasteiger partial charge >= 0.3 is 5.97 Å². The Morgan fingerprint density at radius 1 is 1.05 bits per heavy atom. The predicted molar refractivity (Wildman–Crippen MR) is 164 cm³/mol. The molecular weight excluding hydrogens is 526 g/mol. The molecule has 0 amide bonds. The third-order valence-electron chi connectivity index (χ3n) is 9.51. The van der Waals surface area contributed by atoms with Gasteiger partial charge in [-0.3, -0.25) is 14.6 Å². The van der Waals surface area contributed by atoms with Gasteiger partial charge in [0.25, 0.3) is 0 Å². The molecule has 1 N–H and O–H groups in total. The van der Waals surface area contributed by atoms with Gasteiger partial charge in [0.1, 0.15) is 17.7 Å². The summed E-state index contributed by atoms with van der Waals surface area (Å²) < 4.78 is 7.63. The van der Waals surface area contributed by atoms with E-state index in [0.717, 1.165) is 70.2 Å². The highest BCUT2D eigenvalue weighted by Crippen LogP contribution is 2.44. The van der Waals surface area contributed by atoms with E-state index in [1.54, 1.807) is 6.20 Å². The van der Waals surface area contributed by atoms with E-state index in [9.17, 15) is 4.79 Å². The average molecular weight is 576 g/mol. The van der Waals surface area contributed by atoms with Gasteiger partial charge in [-0.05, 0) is 68.7 Å². The van der Waals surface area contributed by atoms with Gasteiger partial charge in [-0.2, -0.15) is 0 Å². The molecule has 1 spiro atoms. The Bertz CT molecular complexity index is 1240. The summed E-state index contributed by atoms with van der Waals surface area (Å²) in [6.07, 6.45) is 13.1. The summed E-state index contributed by atoms with van der Waals surface area (Å²) in [5.41, 5.74) is 2.69. The molecular formula is C33H49N7O2. The number of ether oxygens (including phenoxy) is 1. The van der Waals surface area contributed by atoms with Crippen LogP contribution in [-0.4, -0.2) is 78.5 Å². The van der Waals surface area contributed by atoms with Crippen molar-refractivity contribution in [2.24, 2.45) is 12.5 Å². The number of aryl methyl sites for hydroxylation is 1. The van der Waals surface area contributed by atoms with Crippen molar-refractivity contribution >= 4 is 5.97 Å². The van der Waals surface area contributed by atoms with Crippen LogP contribution in [0, 0.1) is 5.41 Å². The van der Waals surface area contributed by atoms with Gasteiger partial charge in [0.2, 0.25) is 0 Å². The second-order valence-electron chi connectivity index (χ2n) is 12.3. The first kappa shape index (κ1) is 30.4. The number of carbonyl (C=O) groups is 1. The summed E-state index contributed by atoms with van der Waals surface area (Å²) >= 11 is 0. The maximum absolute atomic E-state index is 13.1. The van der Waals surface area contributed by atoms with Crippen molar-refractivity contribution in [1.82, 2.24) is 34.2 Å². The van der Waals surface area contributed by atoms with E-state index in [1.165, 1.54) is 24.0 Å². The molecule has 0 aliphatic carbocycles. The smallest absolute Gasteiger partial charge is 0.323 e. The van der Waals surface area contributed by atoms with Gasteiger partial charge in [-0.1, -0.05) is 38.1 Å². The van der Waals surface area contributed by atoms with E-state index >= 15 is 0 Å². The molecule has 0 bridgehead atoms.